The van der Waals surface area contributed by atoms with Crippen LogP contribution in [0.2, 0.25) is 5.02 Å². The Kier molecular flexibility index (Phi) is 5.18. The van der Waals surface area contributed by atoms with Crippen molar-refractivity contribution in [2.45, 2.75) is 11.8 Å². The minimum Gasteiger partial charge on any atom is -0.277 e. The van der Waals surface area contributed by atoms with Gasteiger partial charge in [0.25, 0.3) is 0 Å². The lowest BCUT2D eigenvalue weighted by Gasteiger charge is -2.06. The molecule has 0 aromatic heterocycles. The van der Waals surface area contributed by atoms with Crippen LogP contribution < -0.4 is 10.1 Å². The van der Waals surface area contributed by atoms with Gasteiger partial charge in [-0.2, -0.15) is 5.10 Å². The minimum absolute atomic E-state index is 0.214. The fourth-order valence-electron chi connectivity index (χ4n) is 1.75. The molecule has 0 bridgehead atoms. The molecule has 0 saturated carbocycles. The van der Waals surface area contributed by atoms with E-state index in [2.05, 4.69) is 15.2 Å². The van der Waals surface area contributed by atoms with E-state index < -0.39 is 10.0 Å². The van der Waals surface area contributed by atoms with E-state index in [1.54, 1.807) is 18.2 Å². The Morgan fingerprint density at radius 1 is 1.09 bits per heavy atom. The second-order valence-corrected chi connectivity index (χ2v) is 6.81. The minimum atomic E-state index is -3.42. The number of rotatable bonds is 5. The summed E-state index contributed by atoms with van der Waals surface area (Å²) in [6.07, 6.45) is 0. The molecule has 7 heteroatoms. The van der Waals surface area contributed by atoms with Crippen molar-refractivity contribution in [3.05, 3.63) is 59.1 Å². The first-order valence-electron chi connectivity index (χ1n) is 6.53. The van der Waals surface area contributed by atoms with Crippen molar-refractivity contribution in [3.8, 4) is 0 Å². The highest BCUT2D eigenvalue weighted by atomic mass is 35.5. The second kappa shape index (κ2) is 6.91. The second-order valence-electron chi connectivity index (χ2n) is 4.52. The zero-order valence-electron chi connectivity index (χ0n) is 12.2. The first kappa shape index (κ1) is 16.5. The maximum atomic E-state index is 11.7. The van der Waals surface area contributed by atoms with Crippen LogP contribution in [0.15, 0.2) is 58.5 Å². The van der Waals surface area contributed by atoms with Gasteiger partial charge in [0, 0.05) is 0 Å². The monoisotopic (exact) mass is 337 g/mol. The number of anilines is 1. The molecule has 5 nitrogen and oxygen atoms in total. The molecule has 0 heterocycles. The van der Waals surface area contributed by atoms with Gasteiger partial charge in [-0.1, -0.05) is 35.9 Å². The molecule has 0 aliphatic rings. The molecule has 2 aromatic rings. The van der Waals surface area contributed by atoms with Crippen LogP contribution in [0.1, 0.15) is 12.5 Å². The number of hydrazone groups is 1. The standard InChI is InChI=1S/C15H16ClN3O2S/c1-11(18-19-15-6-4-3-5-14(15)16)12-7-9-13(10-8-12)22(20,21)17-2/h3-10,17,19H,1-2H3/b18-11-. The molecule has 2 N–H and O–H groups in total. The largest absolute Gasteiger partial charge is 0.277 e. The van der Waals surface area contributed by atoms with E-state index >= 15 is 0 Å². The van der Waals surface area contributed by atoms with Crippen molar-refractivity contribution in [2.24, 2.45) is 5.10 Å². The Morgan fingerprint density at radius 2 is 1.73 bits per heavy atom. The van der Waals surface area contributed by atoms with Gasteiger partial charge in [-0.15, -0.1) is 0 Å². The zero-order valence-corrected chi connectivity index (χ0v) is 13.7. The lowest BCUT2D eigenvalue weighted by molar-refractivity contribution is 0.588. The van der Waals surface area contributed by atoms with Gasteiger partial charge in [-0.3, -0.25) is 5.43 Å². The van der Waals surface area contributed by atoms with E-state index in [0.29, 0.717) is 16.4 Å². The van der Waals surface area contributed by atoms with Crippen LogP contribution >= 0.6 is 11.6 Å². The molecule has 0 fully saturated rings. The van der Waals surface area contributed by atoms with Gasteiger partial charge in [0.15, 0.2) is 0 Å². The zero-order chi connectivity index (χ0) is 16.2. The van der Waals surface area contributed by atoms with Crippen molar-refractivity contribution in [1.82, 2.24) is 4.72 Å². The Bertz CT molecular complexity index is 787. The summed E-state index contributed by atoms with van der Waals surface area (Å²) in [5.74, 6) is 0. The number of nitrogens with zero attached hydrogens (tertiary/aromatic N) is 1. The quantitative estimate of drug-likeness (QED) is 0.650. The third kappa shape index (κ3) is 3.85. The summed E-state index contributed by atoms with van der Waals surface area (Å²) in [4.78, 5) is 0.214. The number of sulfonamides is 1. The van der Waals surface area contributed by atoms with Crippen LogP contribution in [0.3, 0.4) is 0 Å². The Morgan fingerprint density at radius 3 is 2.32 bits per heavy atom. The highest BCUT2D eigenvalue weighted by Crippen LogP contribution is 2.20. The van der Waals surface area contributed by atoms with Crippen molar-refractivity contribution < 1.29 is 8.42 Å². The Hall–Kier alpha value is -1.89. The van der Waals surface area contributed by atoms with Crippen LogP contribution in [0.5, 0.6) is 0 Å². The topological polar surface area (TPSA) is 70.6 Å². The summed E-state index contributed by atoms with van der Waals surface area (Å²) in [5.41, 5.74) is 5.13. The van der Waals surface area contributed by atoms with Gasteiger partial charge in [0.2, 0.25) is 10.0 Å². The van der Waals surface area contributed by atoms with E-state index in [1.165, 1.54) is 19.2 Å². The third-order valence-corrected chi connectivity index (χ3v) is 4.83. The van der Waals surface area contributed by atoms with E-state index in [4.69, 9.17) is 11.6 Å². The molecular formula is C15H16ClN3O2S. The lowest BCUT2D eigenvalue weighted by atomic mass is 10.1. The van der Waals surface area contributed by atoms with E-state index in [1.807, 2.05) is 25.1 Å². The fourth-order valence-corrected chi connectivity index (χ4v) is 2.66. The van der Waals surface area contributed by atoms with E-state index in [-0.39, 0.29) is 4.90 Å². The maximum Gasteiger partial charge on any atom is 0.240 e. The number of halogens is 1. The highest BCUT2D eigenvalue weighted by molar-refractivity contribution is 7.89. The summed E-state index contributed by atoms with van der Waals surface area (Å²) in [6.45, 7) is 1.82. The summed E-state index contributed by atoms with van der Waals surface area (Å²) in [5, 5.41) is 4.83. The molecule has 0 spiro atoms. The molecule has 0 saturated heterocycles. The molecule has 116 valence electrons. The van der Waals surface area contributed by atoms with Gasteiger partial charge in [-0.05, 0) is 43.8 Å². The van der Waals surface area contributed by atoms with Gasteiger partial charge in [-0.25, -0.2) is 13.1 Å². The predicted octanol–water partition coefficient (Wildman–Crippen LogP) is 3.08. The summed E-state index contributed by atoms with van der Waals surface area (Å²) < 4.78 is 25.6. The first-order chi connectivity index (χ1) is 10.4. The van der Waals surface area contributed by atoms with Crippen LogP contribution in [0.25, 0.3) is 0 Å². The average Bonchev–Trinajstić information content (AvgIpc) is 2.54. The van der Waals surface area contributed by atoms with Gasteiger partial charge < -0.3 is 0 Å². The number of nitrogens with one attached hydrogen (secondary N) is 2. The Labute approximate surface area is 135 Å². The predicted molar refractivity (Wildman–Crippen MR) is 90.0 cm³/mol. The molecule has 2 aromatic carbocycles. The molecule has 2 rings (SSSR count). The van der Waals surface area contributed by atoms with Crippen molar-refractivity contribution in [1.29, 1.82) is 0 Å². The molecule has 22 heavy (non-hydrogen) atoms. The Balaban J connectivity index is 2.18. The molecule has 0 radical (unpaired) electrons. The normalized spacial score (nSPS) is 12.2. The smallest absolute Gasteiger partial charge is 0.240 e. The highest BCUT2D eigenvalue weighted by Gasteiger charge is 2.10. The van der Waals surface area contributed by atoms with E-state index in [9.17, 15) is 8.42 Å². The van der Waals surface area contributed by atoms with Crippen LogP contribution in [0, 0.1) is 0 Å². The fraction of sp³-hybridized carbons (Fsp3) is 0.133. The van der Waals surface area contributed by atoms with Gasteiger partial charge in [0.05, 0.1) is 21.3 Å². The molecule has 0 aliphatic carbocycles. The number of hydrogen-bond acceptors (Lipinski definition) is 4. The summed E-state index contributed by atoms with van der Waals surface area (Å²) >= 11 is 6.04. The SMILES string of the molecule is CNS(=O)(=O)c1ccc(/C(C)=N\Nc2ccccc2Cl)cc1. The van der Waals surface area contributed by atoms with Crippen molar-refractivity contribution in [3.63, 3.8) is 0 Å². The first-order valence-corrected chi connectivity index (χ1v) is 8.39. The van der Waals surface area contributed by atoms with Crippen molar-refractivity contribution >= 4 is 33.0 Å². The van der Waals surface area contributed by atoms with Crippen LogP contribution in [-0.2, 0) is 10.0 Å². The lowest BCUT2D eigenvalue weighted by Crippen LogP contribution is -2.18. The molecule has 0 unspecified atom stereocenters. The number of para-hydroxylation sites is 1. The number of hydrogen-bond donors (Lipinski definition) is 2. The van der Waals surface area contributed by atoms with E-state index in [0.717, 1.165) is 5.56 Å². The summed E-state index contributed by atoms with van der Waals surface area (Å²) in [6, 6.07) is 13.8. The molecule has 0 amide bonds. The maximum absolute atomic E-state index is 11.7. The summed E-state index contributed by atoms with van der Waals surface area (Å²) in [7, 11) is -2.05. The number of benzene rings is 2. The van der Waals surface area contributed by atoms with Crippen LogP contribution in [0.4, 0.5) is 5.69 Å². The third-order valence-electron chi connectivity index (χ3n) is 3.07. The molecular weight excluding hydrogens is 322 g/mol. The van der Waals surface area contributed by atoms with Crippen LogP contribution in [-0.4, -0.2) is 21.2 Å². The van der Waals surface area contributed by atoms with Crippen molar-refractivity contribution in [2.75, 3.05) is 12.5 Å². The van der Waals surface area contributed by atoms with Gasteiger partial charge >= 0.3 is 0 Å². The average molecular weight is 338 g/mol. The van der Waals surface area contributed by atoms with Gasteiger partial charge in [0.1, 0.15) is 0 Å². The molecule has 0 aliphatic heterocycles. The molecule has 0 atom stereocenters.